The van der Waals surface area contributed by atoms with E-state index < -0.39 is 6.03 Å². The predicted octanol–water partition coefficient (Wildman–Crippen LogP) is 3.26. The third-order valence-corrected chi connectivity index (χ3v) is 5.11. The van der Waals surface area contributed by atoms with Crippen molar-refractivity contribution in [3.05, 3.63) is 65.2 Å². The molecule has 2 aromatic carbocycles. The molecule has 1 saturated heterocycles. The molecule has 2 aromatic rings. The van der Waals surface area contributed by atoms with Crippen LogP contribution in [0.25, 0.3) is 0 Å². The lowest BCUT2D eigenvalue weighted by molar-refractivity contribution is 0.0628. The molecule has 3 rings (SSSR count). The van der Waals surface area contributed by atoms with Crippen LogP contribution >= 0.6 is 0 Å². The summed E-state index contributed by atoms with van der Waals surface area (Å²) < 4.78 is 0. The fraction of sp³-hybridized carbons (Fsp3) is 0.364. The molecule has 0 spiro atoms. The molecule has 1 aliphatic heterocycles. The standard InChI is InChI=1S/C22H28N4O2/c1-16(2)18-5-3-17(4-6-18)15-25-11-13-26(14-12-25)21(27)19-7-9-20(10-8-19)24-22(23)28/h3-10,16H,11-15H2,1-2H3,(H3,23,24,28). The SMILES string of the molecule is CC(C)c1ccc(CN2CCN(C(=O)c3ccc(NC(N)=O)cc3)CC2)cc1. The van der Waals surface area contributed by atoms with E-state index in [4.69, 9.17) is 5.73 Å². The molecular formula is C22H28N4O2. The summed E-state index contributed by atoms with van der Waals surface area (Å²) in [6.45, 7) is 8.46. The number of nitrogens with one attached hydrogen (secondary N) is 1. The summed E-state index contributed by atoms with van der Waals surface area (Å²) in [5.74, 6) is 0.566. The van der Waals surface area contributed by atoms with Gasteiger partial charge in [0.15, 0.2) is 0 Å². The third-order valence-electron chi connectivity index (χ3n) is 5.11. The van der Waals surface area contributed by atoms with Gasteiger partial charge < -0.3 is 16.0 Å². The summed E-state index contributed by atoms with van der Waals surface area (Å²) in [4.78, 5) is 27.8. The molecule has 28 heavy (non-hydrogen) atoms. The van der Waals surface area contributed by atoms with E-state index in [9.17, 15) is 9.59 Å². The summed E-state index contributed by atoms with van der Waals surface area (Å²) in [7, 11) is 0. The number of nitrogens with two attached hydrogens (primary N) is 1. The van der Waals surface area contributed by atoms with Crippen LogP contribution in [0.1, 0.15) is 41.3 Å². The van der Waals surface area contributed by atoms with Crippen LogP contribution in [0, 0.1) is 0 Å². The quantitative estimate of drug-likeness (QED) is 0.836. The number of anilines is 1. The molecule has 0 bridgehead atoms. The number of amides is 3. The van der Waals surface area contributed by atoms with Crippen LogP contribution < -0.4 is 11.1 Å². The van der Waals surface area contributed by atoms with E-state index in [0.29, 0.717) is 30.3 Å². The third kappa shape index (κ3) is 5.10. The maximum atomic E-state index is 12.7. The van der Waals surface area contributed by atoms with Gasteiger partial charge >= 0.3 is 6.03 Å². The first-order valence-electron chi connectivity index (χ1n) is 9.69. The number of primary amides is 1. The van der Waals surface area contributed by atoms with Crippen LogP contribution in [0.15, 0.2) is 48.5 Å². The Hall–Kier alpha value is -2.86. The molecule has 1 aliphatic rings. The highest BCUT2D eigenvalue weighted by molar-refractivity contribution is 5.95. The summed E-state index contributed by atoms with van der Waals surface area (Å²) in [6.07, 6.45) is 0. The first-order valence-corrected chi connectivity index (χ1v) is 9.69. The lowest BCUT2D eigenvalue weighted by Gasteiger charge is -2.34. The zero-order chi connectivity index (χ0) is 20.1. The van der Waals surface area contributed by atoms with E-state index >= 15 is 0 Å². The van der Waals surface area contributed by atoms with E-state index in [-0.39, 0.29) is 5.91 Å². The fourth-order valence-electron chi connectivity index (χ4n) is 3.40. The molecule has 0 atom stereocenters. The van der Waals surface area contributed by atoms with Gasteiger partial charge in [-0.3, -0.25) is 9.69 Å². The Morgan fingerprint density at radius 3 is 2.11 bits per heavy atom. The van der Waals surface area contributed by atoms with Crippen molar-refractivity contribution in [3.8, 4) is 0 Å². The zero-order valence-electron chi connectivity index (χ0n) is 16.5. The van der Waals surface area contributed by atoms with E-state index in [1.807, 2.05) is 4.90 Å². The second-order valence-corrected chi connectivity index (χ2v) is 7.53. The summed E-state index contributed by atoms with van der Waals surface area (Å²) >= 11 is 0. The Kier molecular flexibility index (Phi) is 6.31. The van der Waals surface area contributed by atoms with Crippen LogP contribution in [0.5, 0.6) is 0 Å². The molecular weight excluding hydrogens is 352 g/mol. The van der Waals surface area contributed by atoms with Gasteiger partial charge in [-0.25, -0.2) is 4.79 Å². The fourth-order valence-corrected chi connectivity index (χ4v) is 3.40. The second kappa shape index (κ2) is 8.89. The number of piperazine rings is 1. The second-order valence-electron chi connectivity index (χ2n) is 7.53. The molecule has 1 heterocycles. The monoisotopic (exact) mass is 380 g/mol. The van der Waals surface area contributed by atoms with Crippen molar-refractivity contribution in [3.63, 3.8) is 0 Å². The van der Waals surface area contributed by atoms with E-state index in [1.54, 1.807) is 24.3 Å². The van der Waals surface area contributed by atoms with Gasteiger partial charge in [-0.05, 0) is 41.3 Å². The maximum Gasteiger partial charge on any atom is 0.316 e. The first-order chi connectivity index (χ1) is 13.4. The Morgan fingerprint density at radius 1 is 0.964 bits per heavy atom. The van der Waals surface area contributed by atoms with Crippen molar-refractivity contribution in [1.82, 2.24) is 9.80 Å². The molecule has 0 aromatic heterocycles. The number of rotatable bonds is 5. The van der Waals surface area contributed by atoms with Gasteiger partial charge in [0, 0.05) is 44.0 Å². The zero-order valence-corrected chi connectivity index (χ0v) is 16.5. The largest absolute Gasteiger partial charge is 0.351 e. The molecule has 0 unspecified atom stereocenters. The first kappa shape index (κ1) is 19.9. The van der Waals surface area contributed by atoms with Gasteiger partial charge in [-0.1, -0.05) is 38.1 Å². The molecule has 148 valence electrons. The van der Waals surface area contributed by atoms with E-state index in [0.717, 1.165) is 19.6 Å². The molecule has 3 N–H and O–H groups in total. The number of nitrogens with zero attached hydrogens (tertiary/aromatic N) is 2. The van der Waals surface area contributed by atoms with Gasteiger partial charge in [0.2, 0.25) is 0 Å². The lowest BCUT2D eigenvalue weighted by atomic mass is 10.0. The number of carbonyl (C=O) groups is 2. The van der Waals surface area contributed by atoms with Crippen molar-refractivity contribution in [1.29, 1.82) is 0 Å². The van der Waals surface area contributed by atoms with Gasteiger partial charge in [-0.2, -0.15) is 0 Å². The number of hydrogen-bond acceptors (Lipinski definition) is 3. The highest BCUT2D eigenvalue weighted by atomic mass is 16.2. The molecule has 6 heteroatoms. The Balaban J connectivity index is 1.51. The molecule has 6 nitrogen and oxygen atoms in total. The Morgan fingerprint density at radius 2 is 1.57 bits per heavy atom. The van der Waals surface area contributed by atoms with Crippen molar-refractivity contribution >= 4 is 17.6 Å². The van der Waals surface area contributed by atoms with Gasteiger partial charge in [-0.15, -0.1) is 0 Å². The average molecular weight is 380 g/mol. The highest BCUT2D eigenvalue weighted by Crippen LogP contribution is 2.17. The summed E-state index contributed by atoms with van der Waals surface area (Å²) in [5, 5.41) is 2.50. The lowest BCUT2D eigenvalue weighted by Crippen LogP contribution is -2.48. The van der Waals surface area contributed by atoms with E-state index in [1.165, 1.54) is 11.1 Å². The van der Waals surface area contributed by atoms with Gasteiger partial charge in [0.1, 0.15) is 0 Å². The molecule has 0 aliphatic carbocycles. The number of carbonyl (C=O) groups excluding carboxylic acids is 2. The van der Waals surface area contributed by atoms with Gasteiger partial charge in [0.25, 0.3) is 5.91 Å². The minimum atomic E-state index is -0.617. The number of urea groups is 1. The maximum absolute atomic E-state index is 12.7. The molecule has 0 saturated carbocycles. The minimum Gasteiger partial charge on any atom is -0.351 e. The van der Waals surface area contributed by atoms with Crippen LogP contribution in [-0.4, -0.2) is 47.9 Å². The molecule has 0 radical (unpaired) electrons. The van der Waals surface area contributed by atoms with Crippen molar-refractivity contribution in [2.24, 2.45) is 5.73 Å². The van der Waals surface area contributed by atoms with E-state index in [2.05, 4.69) is 48.3 Å². The van der Waals surface area contributed by atoms with Crippen molar-refractivity contribution in [2.45, 2.75) is 26.3 Å². The normalized spacial score (nSPS) is 14.9. The Labute approximate surface area is 166 Å². The minimum absolute atomic E-state index is 0.0200. The topological polar surface area (TPSA) is 78.7 Å². The van der Waals surface area contributed by atoms with Crippen LogP contribution in [0.3, 0.4) is 0 Å². The number of hydrogen-bond donors (Lipinski definition) is 2. The highest BCUT2D eigenvalue weighted by Gasteiger charge is 2.22. The molecule has 1 fully saturated rings. The average Bonchev–Trinajstić information content (AvgIpc) is 2.68. The van der Waals surface area contributed by atoms with Crippen LogP contribution in [0.2, 0.25) is 0 Å². The van der Waals surface area contributed by atoms with Crippen molar-refractivity contribution in [2.75, 3.05) is 31.5 Å². The summed E-state index contributed by atoms with van der Waals surface area (Å²) in [6, 6.07) is 15.0. The Bertz CT molecular complexity index is 807. The predicted molar refractivity (Wildman–Crippen MR) is 111 cm³/mol. The molecule has 3 amide bonds. The van der Waals surface area contributed by atoms with Crippen LogP contribution in [-0.2, 0) is 6.54 Å². The smallest absolute Gasteiger partial charge is 0.316 e. The summed E-state index contributed by atoms with van der Waals surface area (Å²) in [5.41, 5.74) is 8.96. The van der Waals surface area contributed by atoms with Gasteiger partial charge in [0.05, 0.1) is 0 Å². The van der Waals surface area contributed by atoms with Crippen molar-refractivity contribution < 1.29 is 9.59 Å². The number of benzene rings is 2. The van der Waals surface area contributed by atoms with Crippen LogP contribution in [0.4, 0.5) is 10.5 Å².